The molecule has 0 heterocycles. The molecule has 0 aliphatic heterocycles. The first-order valence-electron chi connectivity index (χ1n) is 7.21. The zero-order chi connectivity index (χ0) is 13.3. The van der Waals surface area contributed by atoms with Crippen LogP contribution in [-0.4, -0.2) is 6.04 Å². The van der Waals surface area contributed by atoms with Crippen molar-refractivity contribution in [2.75, 3.05) is 0 Å². The molecule has 18 heavy (non-hydrogen) atoms. The van der Waals surface area contributed by atoms with Gasteiger partial charge in [-0.1, -0.05) is 49.6 Å². The first kappa shape index (κ1) is 13.6. The third-order valence-corrected chi connectivity index (χ3v) is 4.61. The minimum atomic E-state index is 0.309. The molecule has 0 spiro atoms. The van der Waals surface area contributed by atoms with Crippen molar-refractivity contribution < 1.29 is 0 Å². The average molecular weight is 245 g/mol. The maximum Gasteiger partial charge on any atom is 0.0113 e. The fraction of sp³-hybridized carbons (Fsp3) is 0.647. The molecule has 0 amide bonds. The summed E-state index contributed by atoms with van der Waals surface area (Å²) in [4.78, 5) is 0. The Balaban J connectivity index is 2.09. The number of hydrogen-bond donors (Lipinski definition) is 1. The third kappa shape index (κ3) is 2.95. The maximum absolute atomic E-state index is 6.49. The molecule has 1 heteroatoms. The van der Waals surface area contributed by atoms with Crippen LogP contribution in [0.1, 0.15) is 49.8 Å². The summed E-state index contributed by atoms with van der Waals surface area (Å²) in [6, 6.07) is 7.11. The fourth-order valence-electron chi connectivity index (χ4n) is 3.75. The van der Waals surface area contributed by atoms with Crippen LogP contribution in [0.5, 0.6) is 0 Å². The van der Waals surface area contributed by atoms with Gasteiger partial charge in [-0.25, -0.2) is 0 Å². The van der Waals surface area contributed by atoms with Crippen molar-refractivity contribution in [3.8, 4) is 0 Å². The molecule has 2 unspecified atom stereocenters. The van der Waals surface area contributed by atoms with E-state index in [4.69, 9.17) is 5.73 Å². The minimum Gasteiger partial charge on any atom is -0.327 e. The second kappa shape index (κ2) is 5.05. The monoisotopic (exact) mass is 245 g/mol. The smallest absolute Gasteiger partial charge is 0.0113 e. The molecule has 1 nitrogen and oxygen atoms in total. The fourth-order valence-corrected chi connectivity index (χ4v) is 3.75. The highest BCUT2D eigenvalue weighted by Gasteiger charge is 2.37. The lowest BCUT2D eigenvalue weighted by atomic mass is 9.76. The van der Waals surface area contributed by atoms with Crippen LogP contribution in [-0.2, 0) is 6.42 Å². The first-order valence-corrected chi connectivity index (χ1v) is 7.21. The number of aryl methyl sites for hydroxylation is 2. The first-order chi connectivity index (χ1) is 8.38. The molecule has 2 rings (SSSR count). The van der Waals surface area contributed by atoms with Gasteiger partial charge in [0.15, 0.2) is 0 Å². The normalized spacial score (nSPS) is 24.2. The van der Waals surface area contributed by atoms with Crippen LogP contribution in [0, 0.1) is 25.2 Å². The highest BCUT2D eigenvalue weighted by atomic mass is 14.7. The number of rotatable bonds is 3. The van der Waals surface area contributed by atoms with Gasteiger partial charge in [-0.15, -0.1) is 0 Å². The van der Waals surface area contributed by atoms with Crippen molar-refractivity contribution in [1.29, 1.82) is 0 Å². The van der Waals surface area contributed by atoms with E-state index in [-0.39, 0.29) is 0 Å². The van der Waals surface area contributed by atoms with E-state index < -0.39 is 0 Å². The van der Waals surface area contributed by atoms with Crippen LogP contribution < -0.4 is 5.73 Å². The van der Waals surface area contributed by atoms with E-state index in [0.29, 0.717) is 17.4 Å². The van der Waals surface area contributed by atoms with E-state index in [1.807, 2.05) is 0 Å². The van der Waals surface area contributed by atoms with Gasteiger partial charge < -0.3 is 5.73 Å². The standard InChI is InChI=1S/C17H27N/c1-12-8-13(2)10-14(9-12)11-16(18)15-6-5-7-17(15,3)4/h8-10,15-16H,5-7,11,18H2,1-4H3. The predicted octanol–water partition coefficient (Wildman–Crippen LogP) is 4.00. The molecular weight excluding hydrogens is 218 g/mol. The number of benzene rings is 1. The summed E-state index contributed by atoms with van der Waals surface area (Å²) in [6.07, 6.45) is 5.01. The molecule has 2 atom stereocenters. The zero-order valence-electron chi connectivity index (χ0n) is 12.3. The summed E-state index contributed by atoms with van der Waals surface area (Å²) < 4.78 is 0. The molecule has 1 aromatic rings. The van der Waals surface area contributed by atoms with Crippen LogP contribution >= 0.6 is 0 Å². The Morgan fingerprint density at radius 3 is 2.33 bits per heavy atom. The predicted molar refractivity (Wildman–Crippen MR) is 78.7 cm³/mol. The summed E-state index contributed by atoms with van der Waals surface area (Å²) in [5, 5.41) is 0. The van der Waals surface area contributed by atoms with Crippen LogP contribution in [0.3, 0.4) is 0 Å². The van der Waals surface area contributed by atoms with Crippen molar-refractivity contribution in [2.24, 2.45) is 17.1 Å². The Bertz CT molecular complexity index is 399. The lowest BCUT2D eigenvalue weighted by Gasteiger charge is -2.32. The van der Waals surface area contributed by atoms with Crippen LogP contribution in [0.15, 0.2) is 18.2 Å². The summed E-state index contributed by atoms with van der Waals surface area (Å²) in [6.45, 7) is 9.10. The Labute approximate surface area is 112 Å². The molecule has 0 bridgehead atoms. The molecular formula is C17H27N. The molecule has 0 radical (unpaired) electrons. The summed E-state index contributed by atoms with van der Waals surface area (Å²) in [5.74, 6) is 0.679. The Hall–Kier alpha value is -0.820. The SMILES string of the molecule is Cc1cc(C)cc(CC(N)C2CCCC2(C)C)c1. The van der Waals surface area contributed by atoms with Crippen LogP contribution in [0.4, 0.5) is 0 Å². The van der Waals surface area contributed by atoms with Gasteiger partial charge in [-0.2, -0.15) is 0 Å². The molecule has 1 saturated carbocycles. The molecule has 1 fully saturated rings. The van der Waals surface area contributed by atoms with Gasteiger partial charge in [-0.3, -0.25) is 0 Å². The van der Waals surface area contributed by atoms with E-state index >= 15 is 0 Å². The topological polar surface area (TPSA) is 26.0 Å². The van der Waals surface area contributed by atoms with Crippen molar-refractivity contribution in [1.82, 2.24) is 0 Å². The zero-order valence-corrected chi connectivity index (χ0v) is 12.3. The molecule has 0 saturated heterocycles. The molecule has 0 aromatic heterocycles. The minimum absolute atomic E-state index is 0.309. The van der Waals surface area contributed by atoms with Crippen molar-refractivity contribution in [3.05, 3.63) is 34.9 Å². The van der Waals surface area contributed by atoms with Gasteiger partial charge in [0.1, 0.15) is 0 Å². The van der Waals surface area contributed by atoms with E-state index in [9.17, 15) is 0 Å². The molecule has 2 N–H and O–H groups in total. The Morgan fingerprint density at radius 2 is 1.83 bits per heavy atom. The van der Waals surface area contributed by atoms with E-state index in [1.165, 1.54) is 36.0 Å². The van der Waals surface area contributed by atoms with Crippen molar-refractivity contribution in [3.63, 3.8) is 0 Å². The van der Waals surface area contributed by atoms with Gasteiger partial charge in [0.05, 0.1) is 0 Å². The van der Waals surface area contributed by atoms with Gasteiger partial charge in [0, 0.05) is 6.04 Å². The second-order valence-electron chi connectivity index (χ2n) is 6.85. The molecule has 1 aromatic carbocycles. The van der Waals surface area contributed by atoms with E-state index in [0.717, 1.165) is 6.42 Å². The number of nitrogens with two attached hydrogens (primary N) is 1. The third-order valence-electron chi connectivity index (χ3n) is 4.61. The molecule has 1 aliphatic carbocycles. The highest BCUT2D eigenvalue weighted by Crippen LogP contribution is 2.44. The second-order valence-corrected chi connectivity index (χ2v) is 6.85. The molecule has 100 valence electrons. The van der Waals surface area contributed by atoms with Crippen molar-refractivity contribution in [2.45, 2.75) is 59.4 Å². The van der Waals surface area contributed by atoms with Gasteiger partial charge in [0.25, 0.3) is 0 Å². The van der Waals surface area contributed by atoms with E-state index in [2.05, 4.69) is 45.9 Å². The summed E-state index contributed by atoms with van der Waals surface area (Å²) in [7, 11) is 0. The molecule has 1 aliphatic rings. The van der Waals surface area contributed by atoms with Crippen molar-refractivity contribution >= 4 is 0 Å². The van der Waals surface area contributed by atoms with E-state index in [1.54, 1.807) is 0 Å². The Kier molecular flexibility index (Phi) is 3.82. The lowest BCUT2D eigenvalue weighted by molar-refractivity contribution is 0.220. The number of hydrogen-bond acceptors (Lipinski definition) is 1. The quantitative estimate of drug-likeness (QED) is 0.856. The maximum atomic E-state index is 6.49. The van der Waals surface area contributed by atoms with Crippen LogP contribution in [0.25, 0.3) is 0 Å². The van der Waals surface area contributed by atoms with Crippen LogP contribution in [0.2, 0.25) is 0 Å². The largest absolute Gasteiger partial charge is 0.327 e. The Morgan fingerprint density at radius 1 is 1.22 bits per heavy atom. The van der Waals surface area contributed by atoms with Gasteiger partial charge >= 0.3 is 0 Å². The van der Waals surface area contributed by atoms with Gasteiger partial charge in [0.2, 0.25) is 0 Å². The summed E-state index contributed by atoms with van der Waals surface area (Å²) in [5.41, 5.74) is 11.0. The lowest BCUT2D eigenvalue weighted by Crippen LogP contribution is -2.38. The summed E-state index contributed by atoms with van der Waals surface area (Å²) >= 11 is 0. The highest BCUT2D eigenvalue weighted by molar-refractivity contribution is 5.29. The van der Waals surface area contributed by atoms with Gasteiger partial charge in [-0.05, 0) is 50.0 Å². The average Bonchev–Trinajstić information content (AvgIpc) is 2.56.